The SMILES string of the molecule is COC(=O)c1c[c]cc(N)c1. The van der Waals surface area contributed by atoms with Crippen LogP contribution in [0.4, 0.5) is 5.69 Å². The molecule has 0 aliphatic heterocycles. The van der Waals surface area contributed by atoms with Crippen molar-refractivity contribution in [3.05, 3.63) is 29.8 Å². The van der Waals surface area contributed by atoms with Crippen LogP contribution in [-0.2, 0) is 4.74 Å². The fourth-order valence-electron chi connectivity index (χ4n) is 0.726. The van der Waals surface area contributed by atoms with Crippen molar-refractivity contribution in [2.75, 3.05) is 12.8 Å². The molecule has 1 aromatic carbocycles. The van der Waals surface area contributed by atoms with E-state index >= 15 is 0 Å². The normalized spacial score (nSPS) is 9.18. The van der Waals surface area contributed by atoms with E-state index in [4.69, 9.17) is 5.73 Å². The summed E-state index contributed by atoms with van der Waals surface area (Å²) in [4.78, 5) is 10.9. The van der Waals surface area contributed by atoms with Crippen LogP contribution in [0.3, 0.4) is 0 Å². The quantitative estimate of drug-likeness (QED) is 0.477. The lowest BCUT2D eigenvalue weighted by Crippen LogP contribution is -2.01. The van der Waals surface area contributed by atoms with Gasteiger partial charge in [-0.15, -0.1) is 0 Å². The van der Waals surface area contributed by atoms with Gasteiger partial charge in [-0.2, -0.15) is 0 Å². The van der Waals surface area contributed by atoms with Gasteiger partial charge >= 0.3 is 5.97 Å². The van der Waals surface area contributed by atoms with Crippen molar-refractivity contribution in [1.82, 2.24) is 0 Å². The number of hydrogen-bond acceptors (Lipinski definition) is 3. The number of methoxy groups -OCH3 is 1. The largest absolute Gasteiger partial charge is 0.465 e. The number of carbonyl (C=O) groups excluding carboxylic acids is 1. The van der Waals surface area contributed by atoms with Crippen LogP contribution in [0.25, 0.3) is 0 Å². The Morgan fingerprint density at radius 1 is 1.64 bits per heavy atom. The number of nitrogen functional groups attached to an aromatic ring is 1. The summed E-state index contributed by atoms with van der Waals surface area (Å²) in [6, 6.07) is 7.38. The molecule has 0 saturated carbocycles. The maximum absolute atomic E-state index is 10.9. The van der Waals surface area contributed by atoms with Crippen molar-refractivity contribution in [2.24, 2.45) is 0 Å². The van der Waals surface area contributed by atoms with Gasteiger partial charge in [0.1, 0.15) is 0 Å². The number of anilines is 1. The number of esters is 1. The standard InChI is InChI=1S/C8H8NO2/c1-11-8(10)6-3-2-4-7(9)5-6/h3-5H,9H2,1H3. The van der Waals surface area contributed by atoms with Gasteiger partial charge in [-0.3, -0.25) is 0 Å². The first-order chi connectivity index (χ1) is 5.24. The Morgan fingerprint density at radius 2 is 2.36 bits per heavy atom. The molecule has 0 amide bonds. The van der Waals surface area contributed by atoms with Gasteiger partial charge in [0, 0.05) is 5.69 Å². The van der Waals surface area contributed by atoms with Crippen molar-refractivity contribution in [2.45, 2.75) is 0 Å². The minimum absolute atomic E-state index is 0.395. The molecule has 0 heterocycles. The summed E-state index contributed by atoms with van der Waals surface area (Å²) in [6.07, 6.45) is 0. The molecule has 0 aromatic heterocycles. The Labute approximate surface area is 64.8 Å². The topological polar surface area (TPSA) is 52.3 Å². The maximum Gasteiger partial charge on any atom is 0.337 e. The zero-order chi connectivity index (χ0) is 8.27. The summed E-state index contributed by atoms with van der Waals surface area (Å²) in [5.41, 5.74) is 6.34. The maximum atomic E-state index is 10.9. The third kappa shape index (κ3) is 1.70. The zero-order valence-electron chi connectivity index (χ0n) is 6.13. The summed E-state index contributed by atoms with van der Waals surface area (Å²) in [5.74, 6) is -0.395. The van der Waals surface area contributed by atoms with Gasteiger partial charge in [0.2, 0.25) is 0 Å². The van der Waals surface area contributed by atoms with E-state index in [0.29, 0.717) is 11.3 Å². The van der Waals surface area contributed by atoms with Crippen molar-refractivity contribution in [3.8, 4) is 0 Å². The lowest BCUT2D eigenvalue weighted by molar-refractivity contribution is 0.0601. The molecule has 0 atom stereocenters. The van der Waals surface area contributed by atoms with Gasteiger partial charge < -0.3 is 10.5 Å². The zero-order valence-corrected chi connectivity index (χ0v) is 6.13. The molecule has 0 spiro atoms. The highest BCUT2D eigenvalue weighted by atomic mass is 16.5. The second kappa shape index (κ2) is 3.05. The van der Waals surface area contributed by atoms with Gasteiger partial charge in [0.05, 0.1) is 12.7 Å². The van der Waals surface area contributed by atoms with Crippen molar-refractivity contribution < 1.29 is 9.53 Å². The molecule has 0 unspecified atom stereocenters. The van der Waals surface area contributed by atoms with Gasteiger partial charge in [-0.25, -0.2) is 4.79 Å². The molecule has 57 valence electrons. The minimum atomic E-state index is -0.395. The number of nitrogens with two attached hydrogens (primary N) is 1. The third-order valence-corrected chi connectivity index (χ3v) is 1.23. The van der Waals surface area contributed by atoms with E-state index in [-0.39, 0.29) is 0 Å². The number of rotatable bonds is 1. The molecule has 0 aliphatic rings. The number of benzene rings is 1. The summed E-state index contributed by atoms with van der Waals surface area (Å²) >= 11 is 0. The van der Waals surface area contributed by atoms with E-state index < -0.39 is 5.97 Å². The third-order valence-electron chi connectivity index (χ3n) is 1.23. The van der Waals surface area contributed by atoms with Gasteiger partial charge in [-0.05, 0) is 24.3 Å². The Hall–Kier alpha value is -1.51. The fraction of sp³-hybridized carbons (Fsp3) is 0.125. The summed E-state index contributed by atoms with van der Waals surface area (Å²) < 4.78 is 4.48. The smallest absolute Gasteiger partial charge is 0.337 e. The first-order valence-corrected chi connectivity index (χ1v) is 3.09. The van der Waals surface area contributed by atoms with E-state index in [0.717, 1.165) is 0 Å². The van der Waals surface area contributed by atoms with Crippen molar-refractivity contribution in [1.29, 1.82) is 0 Å². The number of ether oxygens (including phenoxy) is 1. The molecule has 1 radical (unpaired) electrons. The van der Waals surface area contributed by atoms with Crippen LogP contribution in [0.1, 0.15) is 10.4 Å². The van der Waals surface area contributed by atoms with E-state index in [2.05, 4.69) is 10.8 Å². The van der Waals surface area contributed by atoms with Crippen LogP contribution in [0, 0.1) is 6.07 Å². The van der Waals surface area contributed by atoms with Crippen LogP contribution in [0.2, 0.25) is 0 Å². The first-order valence-electron chi connectivity index (χ1n) is 3.09. The van der Waals surface area contributed by atoms with E-state index in [9.17, 15) is 4.79 Å². The molecule has 0 fully saturated rings. The molecule has 0 aliphatic carbocycles. The van der Waals surface area contributed by atoms with E-state index in [1.807, 2.05) is 0 Å². The van der Waals surface area contributed by atoms with Crippen LogP contribution >= 0.6 is 0 Å². The van der Waals surface area contributed by atoms with Crippen LogP contribution in [-0.4, -0.2) is 13.1 Å². The molecular formula is C8H8NO2. The Bertz CT molecular complexity index is 271. The lowest BCUT2D eigenvalue weighted by Gasteiger charge is -1.98. The Balaban J connectivity index is 2.96. The van der Waals surface area contributed by atoms with E-state index in [1.165, 1.54) is 13.2 Å². The van der Waals surface area contributed by atoms with Gasteiger partial charge in [-0.1, -0.05) is 0 Å². The van der Waals surface area contributed by atoms with Gasteiger partial charge in [0.15, 0.2) is 0 Å². The predicted octanol–water partition coefficient (Wildman–Crippen LogP) is 0.856. The number of carbonyl (C=O) groups is 1. The molecule has 3 nitrogen and oxygen atoms in total. The highest BCUT2D eigenvalue weighted by Gasteiger charge is 2.03. The molecule has 0 bridgehead atoms. The lowest BCUT2D eigenvalue weighted by atomic mass is 10.2. The summed E-state index contributed by atoms with van der Waals surface area (Å²) in [6.45, 7) is 0. The van der Waals surface area contributed by atoms with Crippen LogP contribution in [0.15, 0.2) is 18.2 Å². The van der Waals surface area contributed by atoms with Gasteiger partial charge in [0.25, 0.3) is 0 Å². The highest BCUT2D eigenvalue weighted by molar-refractivity contribution is 5.90. The van der Waals surface area contributed by atoms with E-state index in [1.54, 1.807) is 12.1 Å². The summed E-state index contributed by atoms with van der Waals surface area (Å²) in [5, 5.41) is 0. The molecule has 3 heteroatoms. The Kier molecular flexibility index (Phi) is 2.11. The Morgan fingerprint density at radius 3 is 2.91 bits per heavy atom. The monoisotopic (exact) mass is 150 g/mol. The molecule has 1 rings (SSSR count). The summed E-state index contributed by atoms with van der Waals surface area (Å²) in [7, 11) is 1.32. The predicted molar refractivity (Wildman–Crippen MR) is 41.0 cm³/mol. The molecule has 2 N–H and O–H groups in total. The number of hydrogen-bond donors (Lipinski definition) is 1. The van der Waals surface area contributed by atoms with Crippen LogP contribution < -0.4 is 5.73 Å². The van der Waals surface area contributed by atoms with Crippen molar-refractivity contribution >= 4 is 11.7 Å². The first kappa shape index (κ1) is 7.60. The van der Waals surface area contributed by atoms with Crippen LogP contribution in [0.5, 0.6) is 0 Å². The molecule has 0 saturated heterocycles. The fourth-order valence-corrected chi connectivity index (χ4v) is 0.726. The average molecular weight is 150 g/mol. The minimum Gasteiger partial charge on any atom is -0.465 e. The molecular weight excluding hydrogens is 142 g/mol. The molecule has 11 heavy (non-hydrogen) atoms. The highest BCUT2D eigenvalue weighted by Crippen LogP contribution is 2.06. The second-order valence-electron chi connectivity index (χ2n) is 2.05. The molecule has 1 aromatic rings. The second-order valence-corrected chi connectivity index (χ2v) is 2.05. The average Bonchev–Trinajstić information content (AvgIpc) is 2.03. The van der Waals surface area contributed by atoms with Crippen molar-refractivity contribution in [3.63, 3.8) is 0 Å².